The second-order valence-electron chi connectivity index (χ2n) is 8.67. The zero-order valence-corrected chi connectivity index (χ0v) is 15.9. The third kappa shape index (κ3) is 4.12. The highest BCUT2D eigenvalue weighted by atomic mass is 16.7. The lowest BCUT2D eigenvalue weighted by Gasteiger charge is -2.45. The molecule has 2 heteroatoms. The molecule has 0 aliphatic heterocycles. The highest BCUT2D eigenvalue weighted by Crippen LogP contribution is 2.50. The van der Waals surface area contributed by atoms with Gasteiger partial charge in [0, 0.05) is 0 Å². The maximum Gasteiger partial charge on any atom is 0.0758 e. The first kappa shape index (κ1) is 17.6. The third-order valence-electron chi connectivity index (χ3n) is 6.36. The Hall–Kier alpha value is -1.80. The summed E-state index contributed by atoms with van der Waals surface area (Å²) >= 11 is 0. The molecule has 2 saturated carbocycles. The first-order chi connectivity index (χ1) is 12.7. The molecule has 0 spiro atoms. The van der Waals surface area contributed by atoms with E-state index in [-0.39, 0.29) is 0 Å². The average molecular weight is 350 g/mol. The van der Waals surface area contributed by atoms with Crippen LogP contribution in [0.1, 0.15) is 51.9 Å². The monoisotopic (exact) mass is 349 g/mol. The van der Waals surface area contributed by atoms with Gasteiger partial charge in [-0.3, -0.25) is 4.84 Å². The van der Waals surface area contributed by atoms with Gasteiger partial charge in [-0.25, -0.2) is 5.06 Å². The van der Waals surface area contributed by atoms with E-state index in [0.717, 1.165) is 36.2 Å². The van der Waals surface area contributed by atoms with E-state index < -0.39 is 0 Å². The zero-order chi connectivity index (χ0) is 17.8. The molecular formula is C24H31NO. The van der Waals surface area contributed by atoms with Crippen molar-refractivity contribution in [3.8, 4) is 0 Å². The molecule has 2 aromatic rings. The molecular weight excluding hydrogens is 318 g/mol. The molecule has 0 radical (unpaired) electrons. The molecule has 2 aromatic carbocycles. The van der Waals surface area contributed by atoms with Crippen LogP contribution in [0.2, 0.25) is 0 Å². The molecule has 26 heavy (non-hydrogen) atoms. The van der Waals surface area contributed by atoms with Crippen LogP contribution in [0.4, 0.5) is 11.4 Å². The van der Waals surface area contributed by atoms with Gasteiger partial charge >= 0.3 is 0 Å². The largest absolute Gasteiger partial charge is 0.269 e. The van der Waals surface area contributed by atoms with Gasteiger partial charge in [0.25, 0.3) is 0 Å². The van der Waals surface area contributed by atoms with Crippen molar-refractivity contribution in [2.75, 3.05) is 11.7 Å². The van der Waals surface area contributed by atoms with Crippen molar-refractivity contribution in [3.63, 3.8) is 0 Å². The van der Waals surface area contributed by atoms with Gasteiger partial charge in [-0.15, -0.1) is 0 Å². The Morgan fingerprint density at radius 1 is 0.885 bits per heavy atom. The standard InChI is InChI=1S/C24H31NO/c1-24(18-20-9-8-10-21(17-20)19-24)15-16-26-25(22-11-4-2-5-12-22)23-13-6-3-7-14-23/h2-7,11-14,20-21H,8-10,15-19H2,1H3. The molecule has 0 amide bonds. The summed E-state index contributed by atoms with van der Waals surface area (Å²) in [7, 11) is 0. The predicted molar refractivity (Wildman–Crippen MR) is 108 cm³/mol. The van der Waals surface area contributed by atoms with E-state index in [2.05, 4.69) is 67.6 Å². The number of para-hydroxylation sites is 2. The van der Waals surface area contributed by atoms with Crippen LogP contribution in [-0.2, 0) is 4.84 Å². The maximum atomic E-state index is 6.34. The smallest absolute Gasteiger partial charge is 0.0758 e. The Kier molecular flexibility index (Phi) is 5.31. The summed E-state index contributed by atoms with van der Waals surface area (Å²) in [4.78, 5) is 6.34. The zero-order valence-electron chi connectivity index (χ0n) is 15.9. The van der Waals surface area contributed by atoms with Gasteiger partial charge in [0.05, 0.1) is 18.0 Å². The Bertz CT molecular complexity index is 632. The van der Waals surface area contributed by atoms with E-state index in [1.807, 2.05) is 5.06 Å². The van der Waals surface area contributed by atoms with Crippen LogP contribution >= 0.6 is 0 Å². The summed E-state index contributed by atoms with van der Waals surface area (Å²) in [5, 5.41) is 1.99. The molecule has 2 bridgehead atoms. The molecule has 0 heterocycles. The van der Waals surface area contributed by atoms with Crippen LogP contribution in [0.3, 0.4) is 0 Å². The highest BCUT2D eigenvalue weighted by molar-refractivity contribution is 5.59. The van der Waals surface area contributed by atoms with Gasteiger partial charge in [0.1, 0.15) is 0 Å². The maximum absolute atomic E-state index is 6.34. The number of fused-ring (bicyclic) bond motifs is 2. The molecule has 4 rings (SSSR count). The quantitative estimate of drug-likeness (QED) is 0.535. The fourth-order valence-electron chi connectivity index (χ4n) is 5.26. The summed E-state index contributed by atoms with van der Waals surface area (Å²) < 4.78 is 0. The topological polar surface area (TPSA) is 12.5 Å². The lowest BCUT2D eigenvalue weighted by atomic mass is 9.60. The van der Waals surface area contributed by atoms with Crippen molar-refractivity contribution in [3.05, 3.63) is 60.7 Å². The van der Waals surface area contributed by atoms with Crippen molar-refractivity contribution in [2.45, 2.75) is 51.9 Å². The Balaban J connectivity index is 1.42. The summed E-state index contributed by atoms with van der Waals surface area (Å²) in [5.41, 5.74) is 2.63. The fourth-order valence-corrected chi connectivity index (χ4v) is 5.26. The first-order valence-corrected chi connectivity index (χ1v) is 10.2. The van der Waals surface area contributed by atoms with Crippen LogP contribution < -0.4 is 5.06 Å². The molecule has 138 valence electrons. The number of nitrogens with zero attached hydrogens (tertiary/aromatic N) is 1. The SMILES string of the molecule is CC1(CCON(c2ccccc2)c2ccccc2)CC2CCCC(C2)C1. The predicted octanol–water partition coefficient (Wildman–Crippen LogP) is 6.75. The minimum atomic E-state index is 0.451. The van der Waals surface area contributed by atoms with Gasteiger partial charge in [0.15, 0.2) is 0 Å². The molecule has 0 aromatic heterocycles. The van der Waals surface area contributed by atoms with Crippen molar-refractivity contribution in [1.29, 1.82) is 0 Å². The number of anilines is 2. The molecule has 2 aliphatic carbocycles. The van der Waals surface area contributed by atoms with Crippen molar-refractivity contribution in [2.24, 2.45) is 17.3 Å². The number of hydrogen-bond acceptors (Lipinski definition) is 2. The first-order valence-electron chi connectivity index (χ1n) is 10.2. The van der Waals surface area contributed by atoms with Crippen molar-refractivity contribution in [1.82, 2.24) is 0 Å². The third-order valence-corrected chi connectivity index (χ3v) is 6.36. The van der Waals surface area contributed by atoms with Crippen LogP contribution in [0.5, 0.6) is 0 Å². The lowest BCUT2D eigenvalue weighted by Crippen LogP contribution is -2.35. The molecule has 2 nitrogen and oxygen atoms in total. The summed E-state index contributed by atoms with van der Waals surface area (Å²) in [5.74, 6) is 1.93. The van der Waals surface area contributed by atoms with E-state index in [4.69, 9.17) is 4.84 Å². The molecule has 2 unspecified atom stereocenters. The molecule has 2 aliphatic rings. The van der Waals surface area contributed by atoms with Gasteiger partial charge in [0.2, 0.25) is 0 Å². The minimum absolute atomic E-state index is 0.451. The minimum Gasteiger partial charge on any atom is -0.269 e. The summed E-state index contributed by atoms with van der Waals surface area (Å²) in [6, 6.07) is 20.8. The molecule has 0 N–H and O–H groups in total. The summed E-state index contributed by atoms with van der Waals surface area (Å²) in [6.07, 6.45) is 9.78. The van der Waals surface area contributed by atoms with Gasteiger partial charge in [-0.2, -0.15) is 0 Å². The van der Waals surface area contributed by atoms with Crippen LogP contribution in [0.15, 0.2) is 60.7 Å². The number of hydrogen-bond donors (Lipinski definition) is 0. The van der Waals surface area contributed by atoms with Crippen molar-refractivity contribution >= 4 is 11.4 Å². The summed E-state index contributed by atoms with van der Waals surface area (Å²) in [6.45, 7) is 3.27. The van der Waals surface area contributed by atoms with E-state index in [0.29, 0.717) is 5.41 Å². The molecule has 2 atom stereocenters. The number of benzene rings is 2. The Morgan fingerprint density at radius 3 is 1.96 bits per heavy atom. The van der Waals surface area contributed by atoms with Crippen molar-refractivity contribution < 1.29 is 4.84 Å². The fraction of sp³-hybridized carbons (Fsp3) is 0.500. The van der Waals surface area contributed by atoms with E-state index in [1.165, 1.54) is 38.5 Å². The van der Waals surface area contributed by atoms with Gasteiger partial charge in [-0.05, 0) is 67.2 Å². The Morgan fingerprint density at radius 2 is 1.42 bits per heavy atom. The van der Waals surface area contributed by atoms with Gasteiger partial charge in [-0.1, -0.05) is 62.6 Å². The highest BCUT2D eigenvalue weighted by Gasteiger charge is 2.38. The molecule has 2 fully saturated rings. The average Bonchev–Trinajstić information content (AvgIpc) is 2.66. The second-order valence-corrected chi connectivity index (χ2v) is 8.67. The Labute approximate surface area is 158 Å². The normalized spacial score (nSPS) is 27.9. The number of rotatable bonds is 6. The van der Waals surface area contributed by atoms with Crippen LogP contribution in [0, 0.1) is 17.3 Å². The van der Waals surface area contributed by atoms with Crippen LogP contribution in [-0.4, -0.2) is 6.61 Å². The van der Waals surface area contributed by atoms with E-state index >= 15 is 0 Å². The van der Waals surface area contributed by atoms with E-state index in [9.17, 15) is 0 Å². The lowest BCUT2D eigenvalue weighted by molar-refractivity contribution is 0.0292. The molecule has 0 saturated heterocycles. The van der Waals surface area contributed by atoms with Gasteiger partial charge < -0.3 is 0 Å². The van der Waals surface area contributed by atoms with Crippen LogP contribution in [0.25, 0.3) is 0 Å². The van der Waals surface area contributed by atoms with E-state index in [1.54, 1.807) is 0 Å². The second kappa shape index (κ2) is 7.84.